The lowest BCUT2D eigenvalue weighted by Crippen LogP contribution is -2.41. The minimum atomic E-state index is 0.567. The quantitative estimate of drug-likeness (QED) is 0.835. The summed E-state index contributed by atoms with van der Waals surface area (Å²) >= 11 is 0. The van der Waals surface area contributed by atoms with E-state index in [-0.39, 0.29) is 0 Å². The number of piperidine rings is 1. The fraction of sp³-hybridized carbons (Fsp3) is 0.625. The van der Waals surface area contributed by atoms with Crippen molar-refractivity contribution < 1.29 is 4.74 Å². The Labute approximate surface area is 114 Å². The van der Waals surface area contributed by atoms with Crippen LogP contribution in [0.2, 0.25) is 0 Å². The summed E-state index contributed by atoms with van der Waals surface area (Å²) in [6, 6.07) is 9.87. The lowest BCUT2D eigenvalue weighted by Gasteiger charge is -2.33. The number of likely N-dealkylation sites (tertiary alicyclic amines) is 1. The zero-order valence-electron chi connectivity index (χ0n) is 11.3. The normalized spacial score (nSPS) is 34.4. The molecular formula is C16H22N2O. The zero-order valence-corrected chi connectivity index (χ0v) is 11.3. The molecule has 3 aliphatic heterocycles. The zero-order chi connectivity index (χ0) is 12.7. The number of nitrogens with zero attached hydrogens (tertiary/aromatic N) is 1. The van der Waals surface area contributed by atoms with Crippen LogP contribution < -0.4 is 10.1 Å². The maximum Gasteiger partial charge on any atom is 0.124 e. The van der Waals surface area contributed by atoms with Crippen LogP contribution in [0.25, 0.3) is 0 Å². The first kappa shape index (κ1) is 11.7. The van der Waals surface area contributed by atoms with E-state index in [0.29, 0.717) is 6.04 Å². The van der Waals surface area contributed by atoms with Crippen LogP contribution in [0.1, 0.15) is 30.9 Å². The Morgan fingerprint density at radius 2 is 2.11 bits per heavy atom. The molecule has 0 aliphatic carbocycles. The fourth-order valence-electron chi connectivity index (χ4n) is 4.04. The fourth-order valence-corrected chi connectivity index (χ4v) is 4.04. The molecule has 1 aromatic rings. The molecule has 3 aliphatic rings. The van der Waals surface area contributed by atoms with Crippen LogP contribution in [0.3, 0.4) is 0 Å². The summed E-state index contributed by atoms with van der Waals surface area (Å²) in [5, 5.41) is 3.70. The van der Waals surface area contributed by atoms with Crippen molar-refractivity contribution in [3.63, 3.8) is 0 Å². The molecule has 0 amide bonds. The second-order valence-corrected chi connectivity index (χ2v) is 6.11. The van der Waals surface area contributed by atoms with Gasteiger partial charge in [-0.1, -0.05) is 18.2 Å². The van der Waals surface area contributed by atoms with Crippen LogP contribution in [-0.2, 0) is 0 Å². The highest BCUT2D eigenvalue weighted by atomic mass is 16.5. The molecule has 102 valence electrons. The van der Waals surface area contributed by atoms with Gasteiger partial charge >= 0.3 is 0 Å². The van der Waals surface area contributed by atoms with E-state index in [1.54, 1.807) is 0 Å². The number of para-hydroxylation sites is 1. The van der Waals surface area contributed by atoms with Crippen molar-refractivity contribution in [2.75, 3.05) is 26.2 Å². The number of hydrogen-bond acceptors (Lipinski definition) is 3. The molecule has 3 nitrogen and oxygen atoms in total. The number of fused-ring (bicyclic) bond motifs is 2. The lowest BCUT2D eigenvalue weighted by molar-refractivity contribution is 0.160. The summed E-state index contributed by atoms with van der Waals surface area (Å²) in [5.74, 6) is 1.96. The standard InChI is InChI=1S/C16H22N2O/c1-2-6-16-13(5-1)15(7-9-19-16)18-10-12-4-3-8-17-14(12)11-18/h1-2,5-6,12,14-15,17H,3-4,7-11H2. The largest absolute Gasteiger partial charge is 0.493 e. The van der Waals surface area contributed by atoms with Gasteiger partial charge in [0, 0.05) is 37.2 Å². The van der Waals surface area contributed by atoms with E-state index in [2.05, 4.69) is 34.5 Å². The van der Waals surface area contributed by atoms with E-state index in [0.717, 1.165) is 30.7 Å². The Morgan fingerprint density at radius 3 is 3.05 bits per heavy atom. The van der Waals surface area contributed by atoms with E-state index in [9.17, 15) is 0 Å². The Hall–Kier alpha value is -1.06. The highest BCUT2D eigenvalue weighted by Crippen LogP contribution is 2.39. The summed E-state index contributed by atoms with van der Waals surface area (Å²) in [6.45, 7) is 4.54. The molecule has 3 heterocycles. The predicted molar refractivity (Wildman–Crippen MR) is 75.4 cm³/mol. The van der Waals surface area contributed by atoms with E-state index in [1.165, 1.54) is 38.0 Å². The van der Waals surface area contributed by atoms with Crippen LogP contribution in [0, 0.1) is 5.92 Å². The molecule has 0 saturated carbocycles. The highest BCUT2D eigenvalue weighted by molar-refractivity contribution is 5.37. The van der Waals surface area contributed by atoms with Gasteiger partial charge in [-0.15, -0.1) is 0 Å². The van der Waals surface area contributed by atoms with E-state index in [1.807, 2.05) is 0 Å². The second-order valence-electron chi connectivity index (χ2n) is 6.11. The first-order valence-electron chi connectivity index (χ1n) is 7.61. The lowest BCUT2D eigenvalue weighted by atomic mass is 9.94. The molecule has 3 heteroatoms. The number of rotatable bonds is 1. The summed E-state index contributed by atoms with van der Waals surface area (Å²) in [5.41, 5.74) is 1.40. The minimum absolute atomic E-state index is 0.567. The molecule has 2 saturated heterocycles. The van der Waals surface area contributed by atoms with Gasteiger partial charge in [0.15, 0.2) is 0 Å². The molecule has 3 unspecified atom stereocenters. The van der Waals surface area contributed by atoms with E-state index >= 15 is 0 Å². The number of benzene rings is 1. The van der Waals surface area contributed by atoms with Gasteiger partial charge in [0.25, 0.3) is 0 Å². The van der Waals surface area contributed by atoms with Gasteiger partial charge in [0.05, 0.1) is 6.61 Å². The molecule has 1 aromatic carbocycles. The van der Waals surface area contributed by atoms with Gasteiger partial charge in [-0.05, 0) is 31.4 Å². The maximum absolute atomic E-state index is 5.79. The molecule has 3 atom stereocenters. The smallest absolute Gasteiger partial charge is 0.124 e. The molecular weight excluding hydrogens is 236 g/mol. The predicted octanol–water partition coefficient (Wildman–Crippen LogP) is 2.19. The van der Waals surface area contributed by atoms with Gasteiger partial charge in [-0.3, -0.25) is 4.90 Å². The van der Waals surface area contributed by atoms with Gasteiger partial charge in [-0.25, -0.2) is 0 Å². The Kier molecular flexibility index (Phi) is 2.97. The minimum Gasteiger partial charge on any atom is -0.493 e. The average Bonchev–Trinajstić information content (AvgIpc) is 2.90. The van der Waals surface area contributed by atoms with Crippen LogP contribution in [0.15, 0.2) is 24.3 Å². The maximum atomic E-state index is 5.79. The molecule has 4 rings (SSSR count). The van der Waals surface area contributed by atoms with Crippen molar-refractivity contribution in [3.8, 4) is 5.75 Å². The monoisotopic (exact) mass is 258 g/mol. The summed E-state index contributed by atoms with van der Waals surface area (Å²) in [6.07, 6.45) is 3.88. The van der Waals surface area contributed by atoms with E-state index in [4.69, 9.17) is 4.74 Å². The van der Waals surface area contributed by atoms with Gasteiger partial charge in [0.2, 0.25) is 0 Å². The third-order valence-corrected chi connectivity index (χ3v) is 5.00. The average molecular weight is 258 g/mol. The molecule has 0 aromatic heterocycles. The van der Waals surface area contributed by atoms with Gasteiger partial charge in [0.1, 0.15) is 5.75 Å². The van der Waals surface area contributed by atoms with Crippen LogP contribution in [0.5, 0.6) is 5.75 Å². The first-order chi connectivity index (χ1) is 9.42. The van der Waals surface area contributed by atoms with Crippen molar-refractivity contribution in [1.82, 2.24) is 10.2 Å². The van der Waals surface area contributed by atoms with Crippen molar-refractivity contribution in [2.45, 2.75) is 31.3 Å². The summed E-state index contributed by atoms with van der Waals surface area (Å²) in [7, 11) is 0. The van der Waals surface area contributed by atoms with Crippen molar-refractivity contribution in [1.29, 1.82) is 0 Å². The van der Waals surface area contributed by atoms with Gasteiger partial charge < -0.3 is 10.1 Å². The molecule has 1 N–H and O–H groups in total. The number of hydrogen-bond donors (Lipinski definition) is 1. The summed E-state index contributed by atoms with van der Waals surface area (Å²) in [4.78, 5) is 2.69. The highest BCUT2D eigenvalue weighted by Gasteiger charge is 2.38. The van der Waals surface area contributed by atoms with Gasteiger partial charge in [-0.2, -0.15) is 0 Å². The number of nitrogens with one attached hydrogen (secondary N) is 1. The van der Waals surface area contributed by atoms with Crippen molar-refractivity contribution >= 4 is 0 Å². The van der Waals surface area contributed by atoms with Crippen molar-refractivity contribution in [2.24, 2.45) is 5.92 Å². The molecule has 0 spiro atoms. The first-order valence-corrected chi connectivity index (χ1v) is 7.61. The second kappa shape index (κ2) is 4.80. The van der Waals surface area contributed by atoms with Crippen LogP contribution in [0.4, 0.5) is 0 Å². The van der Waals surface area contributed by atoms with Crippen LogP contribution in [-0.4, -0.2) is 37.2 Å². The third kappa shape index (κ3) is 2.05. The number of ether oxygens (including phenoxy) is 1. The third-order valence-electron chi connectivity index (χ3n) is 5.00. The van der Waals surface area contributed by atoms with Crippen LogP contribution >= 0.6 is 0 Å². The molecule has 19 heavy (non-hydrogen) atoms. The Bertz CT molecular complexity index is 448. The Balaban J connectivity index is 1.57. The van der Waals surface area contributed by atoms with E-state index < -0.39 is 0 Å². The summed E-state index contributed by atoms with van der Waals surface area (Å²) < 4.78 is 5.79. The topological polar surface area (TPSA) is 24.5 Å². The van der Waals surface area contributed by atoms with Crippen molar-refractivity contribution in [3.05, 3.63) is 29.8 Å². The molecule has 2 fully saturated rings. The molecule has 0 bridgehead atoms. The SMILES string of the molecule is c1ccc2c(c1)OCCC2N1CC2CCCNC2C1. The Morgan fingerprint density at radius 1 is 1.16 bits per heavy atom. The molecule has 0 radical (unpaired) electrons.